The number of pyridine rings is 1. The average Bonchev–Trinajstić information content (AvgIpc) is 2.85. The lowest BCUT2D eigenvalue weighted by molar-refractivity contribution is -0.378. The second-order valence-corrected chi connectivity index (χ2v) is 6.25. The van der Waals surface area contributed by atoms with Crippen LogP contribution in [0.25, 0.3) is 0 Å². The van der Waals surface area contributed by atoms with Crippen molar-refractivity contribution in [1.29, 1.82) is 0 Å². The lowest BCUT2D eigenvalue weighted by Gasteiger charge is -2.23. The molecule has 1 fully saturated rings. The van der Waals surface area contributed by atoms with E-state index in [9.17, 15) is 4.79 Å². The molecule has 1 aromatic heterocycles. The number of nitrogens with one attached hydrogen (secondary N) is 1. The van der Waals surface area contributed by atoms with Crippen LogP contribution in [0, 0.1) is 0 Å². The van der Waals surface area contributed by atoms with Crippen molar-refractivity contribution in [3.8, 4) is 0 Å². The van der Waals surface area contributed by atoms with E-state index in [-0.39, 0.29) is 11.3 Å². The highest BCUT2D eigenvalue weighted by molar-refractivity contribution is 8.00. The van der Waals surface area contributed by atoms with Gasteiger partial charge in [0.15, 0.2) is 12.4 Å². The van der Waals surface area contributed by atoms with Crippen LogP contribution in [-0.2, 0) is 4.79 Å². The number of aromatic amines is 1. The number of benzene rings is 1. The van der Waals surface area contributed by atoms with Crippen molar-refractivity contribution in [1.82, 2.24) is 0 Å². The maximum absolute atomic E-state index is 12.2. The van der Waals surface area contributed by atoms with E-state index in [2.05, 4.69) is 4.98 Å². The molecule has 6 heteroatoms. The Labute approximate surface area is 130 Å². The average molecular weight is 326 g/mol. The number of nitrogens with zero attached hydrogens (tertiary/aromatic N) is 1. The summed E-state index contributed by atoms with van der Waals surface area (Å²) in [7, 11) is 0. The van der Waals surface area contributed by atoms with Crippen LogP contribution in [0.15, 0.2) is 42.7 Å². The van der Waals surface area contributed by atoms with Crippen molar-refractivity contribution in [3.05, 3.63) is 58.3 Å². The monoisotopic (exact) mass is 325 g/mol. The minimum Gasteiger partial charge on any atom is -0.295 e. The Balaban J connectivity index is 2.00. The summed E-state index contributed by atoms with van der Waals surface area (Å²) in [6.45, 7) is 0. The number of rotatable bonds is 2. The maximum Gasteiger partial charge on any atom is 0.238 e. The fourth-order valence-corrected chi connectivity index (χ4v) is 3.60. The Hall–Kier alpha value is -1.23. The molecule has 102 valence electrons. The van der Waals surface area contributed by atoms with Crippen LogP contribution in [0.2, 0.25) is 10.0 Å². The molecule has 1 amide bonds. The molecule has 1 saturated heterocycles. The third-order valence-electron chi connectivity index (χ3n) is 3.07. The molecule has 2 aromatic rings. The van der Waals surface area contributed by atoms with Gasteiger partial charge in [-0.2, -0.15) is 0 Å². The molecule has 3 rings (SSSR count). The Kier molecular flexibility index (Phi) is 3.87. The number of carbonyl (C=O) groups is 1. The van der Waals surface area contributed by atoms with Crippen molar-refractivity contribution in [3.63, 3.8) is 0 Å². The molecule has 1 aliphatic heterocycles. The van der Waals surface area contributed by atoms with E-state index in [1.54, 1.807) is 28.8 Å². The van der Waals surface area contributed by atoms with Gasteiger partial charge in [-0.3, -0.25) is 9.69 Å². The molecule has 3 nitrogen and oxygen atoms in total. The first kappa shape index (κ1) is 13.7. The van der Waals surface area contributed by atoms with Crippen LogP contribution in [0.3, 0.4) is 0 Å². The topological polar surface area (TPSA) is 34.5 Å². The molecule has 0 saturated carbocycles. The van der Waals surface area contributed by atoms with Gasteiger partial charge in [-0.1, -0.05) is 23.2 Å². The summed E-state index contributed by atoms with van der Waals surface area (Å²) < 4.78 is 0. The number of thioether (sulfide) groups is 1. The molecule has 20 heavy (non-hydrogen) atoms. The summed E-state index contributed by atoms with van der Waals surface area (Å²) in [5.41, 5.74) is 1.82. The molecule has 0 spiro atoms. The Bertz CT molecular complexity index is 651. The third kappa shape index (κ3) is 2.51. The molecule has 0 aliphatic carbocycles. The van der Waals surface area contributed by atoms with Gasteiger partial charge >= 0.3 is 0 Å². The van der Waals surface area contributed by atoms with Crippen LogP contribution >= 0.6 is 35.0 Å². The number of aromatic nitrogens is 1. The number of halogens is 2. The smallest absolute Gasteiger partial charge is 0.238 e. The predicted octanol–water partition coefficient (Wildman–Crippen LogP) is 3.59. The molecule has 1 aromatic carbocycles. The highest BCUT2D eigenvalue weighted by Crippen LogP contribution is 2.42. The van der Waals surface area contributed by atoms with Crippen LogP contribution in [0.5, 0.6) is 0 Å². The van der Waals surface area contributed by atoms with Crippen molar-refractivity contribution >= 4 is 46.6 Å². The summed E-state index contributed by atoms with van der Waals surface area (Å²) in [6, 6.07) is 9.18. The van der Waals surface area contributed by atoms with Gasteiger partial charge in [0.1, 0.15) is 5.37 Å². The minimum absolute atomic E-state index is 0.0443. The molecule has 1 aliphatic rings. The zero-order valence-corrected chi connectivity index (χ0v) is 12.7. The number of amides is 1. The lowest BCUT2D eigenvalue weighted by atomic mass is 10.2. The van der Waals surface area contributed by atoms with Crippen molar-refractivity contribution in [2.45, 2.75) is 5.37 Å². The Morgan fingerprint density at radius 3 is 2.80 bits per heavy atom. The van der Waals surface area contributed by atoms with Gasteiger partial charge in [-0.25, -0.2) is 4.98 Å². The maximum atomic E-state index is 12.2. The SMILES string of the molecule is O=C1CSC(c2ccc[nH+]c2)N1c1ccc(Cl)c(Cl)c1. The zero-order chi connectivity index (χ0) is 14.1. The molecule has 1 N–H and O–H groups in total. The lowest BCUT2D eigenvalue weighted by Crippen LogP contribution is -2.28. The predicted molar refractivity (Wildman–Crippen MR) is 82.1 cm³/mol. The van der Waals surface area contributed by atoms with E-state index in [0.717, 1.165) is 11.3 Å². The first-order chi connectivity index (χ1) is 9.66. The first-order valence-electron chi connectivity index (χ1n) is 6.01. The first-order valence-corrected chi connectivity index (χ1v) is 7.82. The standard InChI is InChI=1S/C14H10Cl2N2OS/c15-11-4-3-10(6-12(11)16)18-13(19)8-20-14(18)9-2-1-5-17-7-9/h1-7,14H,8H2/p+1. The molecular weight excluding hydrogens is 315 g/mol. The fraction of sp³-hybridized carbons (Fsp3) is 0.143. The number of H-pyrrole nitrogens is 1. The summed E-state index contributed by atoms with van der Waals surface area (Å²) in [4.78, 5) is 17.0. The quantitative estimate of drug-likeness (QED) is 0.845. The molecule has 0 radical (unpaired) electrons. The van der Waals surface area contributed by atoms with E-state index in [1.807, 2.05) is 30.6 Å². The van der Waals surface area contributed by atoms with E-state index in [0.29, 0.717) is 15.8 Å². The van der Waals surface area contributed by atoms with Gasteiger partial charge in [0.25, 0.3) is 0 Å². The molecular formula is C14H11Cl2N2OS+. The molecule has 1 atom stereocenters. The number of hydrogen-bond donors (Lipinski definition) is 0. The van der Waals surface area contributed by atoms with Crippen molar-refractivity contribution in [2.75, 3.05) is 10.7 Å². The van der Waals surface area contributed by atoms with Gasteiger partial charge in [-0.15, -0.1) is 11.8 Å². The van der Waals surface area contributed by atoms with Gasteiger partial charge in [0.05, 0.1) is 15.8 Å². The third-order valence-corrected chi connectivity index (χ3v) is 5.02. The fourth-order valence-electron chi connectivity index (χ4n) is 2.15. The van der Waals surface area contributed by atoms with Gasteiger partial charge in [0.2, 0.25) is 5.91 Å². The number of hydrogen-bond acceptors (Lipinski definition) is 2. The van der Waals surface area contributed by atoms with Gasteiger partial charge in [0, 0.05) is 17.3 Å². The van der Waals surface area contributed by atoms with E-state index < -0.39 is 0 Å². The van der Waals surface area contributed by atoms with Gasteiger partial charge < -0.3 is 0 Å². The van der Waals surface area contributed by atoms with Crippen LogP contribution in [0.1, 0.15) is 10.9 Å². The molecule has 2 heterocycles. The van der Waals surface area contributed by atoms with E-state index in [4.69, 9.17) is 23.2 Å². The highest BCUT2D eigenvalue weighted by atomic mass is 35.5. The summed E-state index contributed by atoms with van der Waals surface area (Å²) in [5.74, 6) is 0.530. The highest BCUT2D eigenvalue weighted by Gasteiger charge is 2.35. The largest absolute Gasteiger partial charge is 0.295 e. The normalized spacial score (nSPS) is 18.6. The van der Waals surface area contributed by atoms with Crippen molar-refractivity contribution < 1.29 is 9.78 Å². The van der Waals surface area contributed by atoms with E-state index in [1.165, 1.54) is 0 Å². The van der Waals surface area contributed by atoms with Gasteiger partial charge in [-0.05, 0) is 24.3 Å². The zero-order valence-electron chi connectivity index (χ0n) is 10.3. The minimum atomic E-state index is -0.0443. The van der Waals surface area contributed by atoms with Crippen LogP contribution in [-0.4, -0.2) is 11.7 Å². The number of anilines is 1. The second kappa shape index (κ2) is 5.64. The Morgan fingerprint density at radius 2 is 2.10 bits per heavy atom. The summed E-state index contributed by atoms with van der Waals surface area (Å²) in [5, 5.41) is 0.892. The summed E-state index contributed by atoms with van der Waals surface area (Å²) in [6.07, 6.45) is 3.75. The van der Waals surface area contributed by atoms with E-state index >= 15 is 0 Å². The van der Waals surface area contributed by atoms with Crippen molar-refractivity contribution in [2.24, 2.45) is 0 Å². The molecule has 0 bridgehead atoms. The van der Waals surface area contributed by atoms with Crippen LogP contribution in [0.4, 0.5) is 5.69 Å². The molecule has 1 unspecified atom stereocenters. The summed E-state index contributed by atoms with van der Waals surface area (Å²) >= 11 is 13.6. The number of carbonyl (C=O) groups excluding carboxylic acids is 1. The second-order valence-electron chi connectivity index (χ2n) is 4.36. The van der Waals surface area contributed by atoms with Crippen LogP contribution < -0.4 is 9.88 Å². The Morgan fingerprint density at radius 1 is 1.25 bits per heavy atom.